The Kier molecular flexibility index (Phi) is 782. The molecule has 0 fully saturated rings. The van der Waals surface area contributed by atoms with Gasteiger partial charge in [0.2, 0.25) is 5.49 Å². The summed E-state index contributed by atoms with van der Waals surface area (Å²) in [7, 11) is 0. The summed E-state index contributed by atoms with van der Waals surface area (Å²) in [4.78, 5) is 20.4. The van der Waals surface area contributed by atoms with Gasteiger partial charge in [-0.3, -0.25) is 38.8 Å². The summed E-state index contributed by atoms with van der Waals surface area (Å²) < 4.78 is 9.40. The van der Waals surface area contributed by atoms with E-state index >= 15 is 0 Å². The number of rotatable bonds is 0. The maximum absolute atomic E-state index is 5.51. The van der Waals surface area contributed by atoms with Gasteiger partial charge in [0.25, 0.3) is 0 Å². The van der Waals surface area contributed by atoms with Gasteiger partial charge in [-0.25, -0.2) is 9.56 Å². The van der Waals surface area contributed by atoms with E-state index in [0.29, 0.717) is 0 Å². The Morgan fingerprint density at radius 2 is 0.522 bits per heavy atom. The van der Waals surface area contributed by atoms with Gasteiger partial charge in [-0.2, -0.15) is 20.3 Å². The fourth-order valence-electron chi connectivity index (χ4n) is 8.51. The van der Waals surface area contributed by atoms with Crippen LogP contribution in [-0.4, -0.2) is 24.1 Å². The van der Waals surface area contributed by atoms with Crippen LogP contribution in [-0.2, 0) is 2260 Å². The van der Waals surface area contributed by atoms with Gasteiger partial charge in [-0.1, -0.05) is 42.3 Å². The Balaban J connectivity index is -0.00000000783. The van der Waals surface area contributed by atoms with E-state index in [2.05, 4.69) is 92.6 Å². The number of benzene rings is 4. The van der Waals surface area contributed by atoms with Gasteiger partial charge in [-0.15, -0.1) is 76.3 Å². The van der Waals surface area contributed by atoms with E-state index in [0.717, 1.165) is 99.6 Å². The summed E-state index contributed by atoms with van der Waals surface area (Å²) >= 11 is 0. The molecule has 3 aromatic heterocycles. The fraction of sp³-hybridized carbons (Fsp3) is 0.139. The number of fused-ring (bicyclic) bond motifs is 12. The molecule has 5 aliphatic heterocycles. The normalized spacial score (nSPS) is 8.04. The van der Waals surface area contributed by atoms with E-state index in [4.69, 9.17) is 15.0 Å². The van der Waals surface area contributed by atoms with E-state index in [1.807, 2.05) is 30.3 Å². The van der Waals surface area contributed by atoms with Crippen LogP contribution in [0, 0.1) is 51.1 Å². The van der Waals surface area contributed by atoms with Crippen LogP contribution in [0.1, 0.15) is 34.0 Å². The first kappa shape index (κ1) is 388. The molecule has 0 amide bonds. The van der Waals surface area contributed by atoms with Crippen molar-refractivity contribution in [1.82, 2.24) is 13.7 Å². The predicted octanol–water partition coefficient (Wildman–Crippen LogP) is 1.32. The molecule has 7 aromatic rings. The average Bonchev–Trinajstić information content (AvgIpc) is 3.75. The number of aryl methyl sites for hydroxylation is 3. The Bertz CT molecular complexity index is 3040. The minimum atomic E-state index is -0.977. The van der Waals surface area contributed by atoms with Gasteiger partial charge >= 0.3 is 5.91 Å². The molecule has 5 aliphatic rings. The molecule has 1 spiro atoms. The van der Waals surface area contributed by atoms with Crippen LogP contribution in [0.25, 0.3) is 32.3 Å². The minimum absolute atomic E-state index is 0. The first-order valence-corrected chi connectivity index (χ1v) is 14.8. The van der Waals surface area contributed by atoms with Crippen LogP contribution in [0.2, 0.25) is 0 Å². The monoisotopic (exact) mass is 6700 g/mol. The largest absolute Gasteiger partial charge is 0.406 e. The Morgan fingerprint density at radius 3 is 0.841 bits per heavy atom. The van der Waals surface area contributed by atoms with Crippen LogP contribution < -0.4 is 26.9 Å². The Hall–Kier alpha value is 70.5. The molecule has 0 bridgehead atoms. The molecule has 0 saturated carbocycles. The smallest absolute Gasteiger partial charge is 0.280 e. The summed E-state index contributed by atoms with van der Waals surface area (Å²) in [5.41, 5.74) is 8.92. The maximum Gasteiger partial charge on any atom is 0.406 e. The van der Waals surface area contributed by atoms with Crippen molar-refractivity contribution in [3.63, 3.8) is 0 Å². The summed E-state index contributed by atoms with van der Waals surface area (Å²) in [5, 5.41) is 6.14. The molecule has 413 valence electrons. The maximum atomic E-state index is 5.51. The molecule has 0 aliphatic carbocycles. The molecular weight excluding hydrogens is 6680 g/mol. The van der Waals surface area contributed by atoms with Gasteiger partial charge < -0.3 is 0 Å². The summed E-state index contributed by atoms with van der Waals surface area (Å²) in [6, 6.07) is 34.0. The van der Waals surface area contributed by atoms with Gasteiger partial charge in [0.1, 0.15) is 11.3 Å². The molecule has 69 radical (unpaired) electrons. The third-order valence-corrected chi connectivity index (χ3v) is 10.2. The molecule has 77 heteroatoms. The van der Waals surface area contributed by atoms with E-state index in [-0.39, 0.29) is 2260 Å². The molecule has 113 heavy (non-hydrogen) atoms. The van der Waals surface area contributed by atoms with Gasteiger partial charge in [0.05, 0.1) is 5.82 Å². The zero-order valence-electron chi connectivity index (χ0n) is 63.7. The molecule has 8 heterocycles. The zero-order valence-corrected chi connectivity index (χ0v) is 260. The first-order valence-electron chi connectivity index (χ1n) is 14.8. The Labute approximate surface area is 2410 Å². The number of nitrogens with one attached hydrogen (secondary N) is 1. The van der Waals surface area contributed by atoms with Crippen molar-refractivity contribution in [1.29, 1.82) is 0 Å². The van der Waals surface area contributed by atoms with E-state index in [9.17, 15) is 0 Å². The zero-order chi connectivity index (χ0) is 28.8. The topological polar surface area (TPSA) is 68.8 Å². The van der Waals surface area contributed by atoms with Crippen molar-refractivity contribution >= 4 is 49.8 Å². The number of amidine groups is 1. The molecule has 4 aromatic carbocycles. The second-order valence-corrected chi connectivity index (χ2v) is 12.3. The molecule has 2 unspecified atom stereocenters. The van der Waals surface area contributed by atoms with Crippen molar-refractivity contribution in [3.8, 4) is 0 Å². The summed E-state index contributed by atoms with van der Waals surface area (Å²) in [5.74, 6) is 1.58. The number of aromatic nitrogens is 3. The van der Waals surface area contributed by atoms with Crippen LogP contribution >= 0.6 is 0 Å². The standard InChI is InChI=1S/C36H18N8.69Y/c1-17-9-6-14-22-25(17)33-39-32-24-16-8-11-19(3)27(24)35-40-34-26-18(2)10-7-15-23(26)31-38-29-21-13-5-4-12-20(21)28-37-30(22)42(33)36(41(28)29,43(31)34)44(32)35;;;;;;;;;;;;;;;;;;;;;;;;;;;;;;;;;;;;;;;;;;;;;;;;;;;;;;;;;;;;;;;;;;;;;/h4-11,28H,1-3H3;;;;;;;;;;;;;;;;;;;;;;;;;;;;;;;;;;;;;;;;;;;;;;;;;;;;;;;;;;;;;;;;;;;;;/q-4;;;;;;;;;;;;;;;;;;;;;;;;;;;;;;;;;;;;;;;;;;;;;;;;;;;;;;;;;;;;;;;;;;;;;/p+1. The van der Waals surface area contributed by atoms with Crippen LogP contribution in [0.5, 0.6) is 0 Å². The van der Waals surface area contributed by atoms with Crippen LogP contribution in [0.4, 0.5) is 11.6 Å². The SMILES string of the molecule is Cc1cc[c-]c2c3n4c(c12)N=c1c2c(C)cc[c-]c2c2n1C41n4c(c5[c-]ccc(C)c5c4=N3)=[NH+]C3c4[c-]cc[c-]c4C(=[N+]31)N=2.[Y].[Y].[Y].[Y].[Y].[Y].[Y].[Y].[Y].[Y].[Y].[Y].[Y].[Y].[Y].[Y].[Y].[Y].[Y].[Y].[Y].[Y].[Y].[Y].[Y].[Y].[Y].[Y].[Y].[Y].[Y].[Y].[Y].[Y].[Y].[Y].[Y].[Y].[Y].[Y].[Y].[Y].[Y].[Y].[Y].[Y].[Y].[Y].[Y].[Y].[Y].[Y].[Y].[Y].[Y].[Y].[Y].[Y].[Y].[Y].[Y].[Y].[Y].[Y].[Y].[Y].[Y].[Y].[Y]. The quantitative estimate of drug-likeness (QED) is 0.176. The number of hydrogen-bond acceptors (Lipinski definition) is 3. The van der Waals surface area contributed by atoms with E-state index < -0.39 is 5.91 Å². The second-order valence-electron chi connectivity index (χ2n) is 12.3. The molecule has 2 atom stereocenters. The molecular formula is C36H19N8Y69-3. The fourth-order valence-corrected chi connectivity index (χ4v) is 8.51. The Morgan fingerprint density at radius 1 is 0.265 bits per heavy atom. The minimum Gasteiger partial charge on any atom is -0.280 e. The van der Waals surface area contributed by atoms with Crippen LogP contribution in [0.3, 0.4) is 0 Å². The first-order chi connectivity index (χ1) is 21.6. The van der Waals surface area contributed by atoms with Crippen molar-refractivity contribution in [2.75, 3.05) is 0 Å². The average molecular weight is 6700 g/mol. The van der Waals surface area contributed by atoms with Crippen molar-refractivity contribution in [2.24, 2.45) is 15.0 Å². The van der Waals surface area contributed by atoms with E-state index in [1.54, 1.807) is 0 Å². The van der Waals surface area contributed by atoms with E-state index in [1.165, 1.54) is 0 Å². The van der Waals surface area contributed by atoms with Crippen LogP contribution in [0.15, 0.2) is 63.5 Å². The number of hydrogen-bond donors (Lipinski definition) is 1. The molecule has 0 saturated heterocycles. The van der Waals surface area contributed by atoms with Crippen molar-refractivity contribution < 1.29 is 2270 Å². The van der Waals surface area contributed by atoms with Crippen molar-refractivity contribution in [3.05, 3.63) is 129 Å². The molecule has 12 rings (SSSR count). The van der Waals surface area contributed by atoms with Gasteiger partial charge in [0, 0.05) is 2260 Å². The second kappa shape index (κ2) is 228. The van der Waals surface area contributed by atoms with Gasteiger partial charge in [0.15, 0.2) is 23.0 Å². The summed E-state index contributed by atoms with van der Waals surface area (Å²) in [6.45, 7) is 6.45. The van der Waals surface area contributed by atoms with Crippen molar-refractivity contribution in [2.45, 2.75) is 32.8 Å². The van der Waals surface area contributed by atoms with Gasteiger partial charge in [-0.05, 0) is 10.8 Å². The summed E-state index contributed by atoms with van der Waals surface area (Å²) in [6.07, 6.45) is -0.266. The predicted molar refractivity (Wildman–Crippen MR) is 159 cm³/mol. The molecule has 1 N–H and O–H groups in total. The third kappa shape index (κ3) is 115. The third-order valence-electron chi connectivity index (χ3n) is 10.2. The number of nitrogens with zero attached hydrogens (tertiary/aromatic N) is 7. The molecule has 8 nitrogen and oxygen atoms in total.